The minimum atomic E-state index is -3.74. The maximum absolute atomic E-state index is 12.5. The summed E-state index contributed by atoms with van der Waals surface area (Å²) in [4.78, 5) is 15.2. The Hall–Kier alpha value is -3.39. The Balaban J connectivity index is 1.68. The van der Waals surface area contributed by atoms with E-state index in [9.17, 15) is 18.3 Å². The number of phenols is 1. The molecule has 0 saturated carbocycles. The molecule has 0 radical (unpaired) electrons. The van der Waals surface area contributed by atoms with E-state index >= 15 is 0 Å². The monoisotopic (exact) mass is 412 g/mol. The van der Waals surface area contributed by atoms with Crippen LogP contribution in [0.15, 0.2) is 65.7 Å². The third-order valence-electron chi connectivity index (χ3n) is 4.38. The van der Waals surface area contributed by atoms with Crippen LogP contribution in [0.3, 0.4) is 0 Å². The van der Waals surface area contributed by atoms with E-state index in [0.29, 0.717) is 12.8 Å². The Labute approximate surface area is 168 Å². The fraction of sp³-hybridized carbons (Fsp3) is 0.143. The molecule has 0 atom stereocenters. The lowest BCUT2D eigenvalue weighted by Crippen LogP contribution is -2.14. The van der Waals surface area contributed by atoms with Crippen molar-refractivity contribution in [3.05, 3.63) is 83.0 Å². The summed E-state index contributed by atoms with van der Waals surface area (Å²) >= 11 is 0. The lowest BCUT2D eigenvalue weighted by molar-refractivity contribution is 0.0693. The van der Waals surface area contributed by atoms with Gasteiger partial charge in [0.25, 0.3) is 10.0 Å². The number of aromatic hydroxyl groups is 1. The molecule has 0 spiro atoms. The van der Waals surface area contributed by atoms with Crippen molar-refractivity contribution in [3.8, 4) is 5.75 Å². The number of hydrogen-bond donors (Lipinski definition) is 3. The first-order valence-corrected chi connectivity index (χ1v) is 10.3. The van der Waals surface area contributed by atoms with Crippen molar-refractivity contribution in [1.29, 1.82) is 0 Å². The molecule has 3 aromatic rings. The summed E-state index contributed by atoms with van der Waals surface area (Å²) in [6, 6.07) is 14.4. The van der Waals surface area contributed by atoms with Crippen LogP contribution in [-0.2, 0) is 22.9 Å². The molecule has 150 valence electrons. The highest BCUT2D eigenvalue weighted by atomic mass is 32.2. The highest BCUT2D eigenvalue weighted by molar-refractivity contribution is 7.92. The van der Waals surface area contributed by atoms with Crippen molar-refractivity contribution >= 4 is 21.8 Å². The van der Waals surface area contributed by atoms with Gasteiger partial charge in [-0.1, -0.05) is 18.2 Å². The van der Waals surface area contributed by atoms with Gasteiger partial charge in [-0.2, -0.15) is 0 Å². The van der Waals surface area contributed by atoms with Gasteiger partial charge in [0.05, 0.1) is 4.90 Å². The van der Waals surface area contributed by atoms with Gasteiger partial charge < -0.3 is 10.2 Å². The lowest BCUT2D eigenvalue weighted by Gasteiger charge is -2.09. The summed E-state index contributed by atoms with van der Waals surface area (Å²) in [5, 5.41) is 18.6. The molecule has 0 bridgehead atoms. The molecule has 7 nitrogen and oxygen atoms in total. The molecule has 0 fully saturated rings. The Kier molecular flexibility index (Phi) is 5.84. The van der Waals surface area contributed by atoms with E-state index in [1.54, 1.807) is 30.3 Å². The average molecular weight is 412 g/mol. The average Bonchev–Trinajstić information content (AvgIpc) is 2.67. The number of nitrogens with one attached hydrogen (secondary N) is 1. The molecular formula is C21H20N2O5S. The second-order valence-electron chi connectivity index (χ2n) is 6.62. The number of carbonyl (C=O) groups is 1. The maximum atomic E-state index is 12.5. The summed E-state index contributed by atoms with van der Waals surface area (Å²) in [6.07, 6.45) is 2.69. The summed E-state index contributed by atoms with van der Waals surface area (Å²) in [6.45, 7) is 1.85. The number of carboxylic acid groups (broad SMARTS) is 1. The van der Waals surface area contributed by atoms with Crippen molar-refractivity contribution < 1.29 is 23.4 Å². The lowest BCUT2D eigenvalue weighted by atomic mass is 10.0. The number of carboxylic acids is 1. The minimum Gasteiger partial charge on any atom is -0.507 e. The number of aromatic nitrogens is 1. The zero-order valence-corrected chi connectivity index (χ0v) is 16.5. The highest BCUT2D eigenvalue weighted by Crippen LogP contribution is 2.20. The first-order valence-electron chi connectivity index (χ1n) is 8.84. The van der Waals surface area contributed by atoms with Crippen LogP contribution in [0.2, 0.25) is 0 Å². The van der Waals surface area contributed by atoms with E-state index in [1.165, 1.54) is 30.5 Å². The third kappa shape index (κ3) is 5.11. The number of anilines is 1. The quantitative estimate of drug-likeness (QED) is 0.548. The minimum absolute atomic E-state index is 0.127. The Morgan fingerprint density at radius 3 is 2.31 bits per heavy atom. The molecule has 0 aliphatic rings. The summed E-state index contributed by atoms with van der Waals surface area (Å²) in [5.74, 6) is -1.20. The molecule has 3 N–H and O–H groups in total. The van der Waals surface area contributed by atoms with Gasteiger partial charge >= 0.3 is 5.97 Å². The van der Waals surface area contributed by atoms with Gasteiger partial charge in [0.15, 0.2) is 0 Å². The first-order chi connectivity index (χ1) is 13.7. The van der Waals surface area contributed by atoms with Crippen LogP contribution in [0.1, 0.15) is 27.0 Å². The Morgan fingerprint density at radius 1 is 1.00 bits per heavy atom. The smallest absolute Gasteiger partial charge is 0.339 e. The number of hydrogen-bond acceptors (Lipinski definition) is 5. The summed E-state index contributed by atoms with van der Waals surface area (Å²) in [5.41, 5.74) is 2.43. The van der Waals surface area contributed by atoms with E-state index in [0.717, 1.165) is 16.7 Å². The van der Waals surface area contributed by atoms with Gasteiger partial charge in [-0.15, -0.1) is 0 Å². The number of pyridine rings is 1. The van der Waals surface area contributed by atoms with Gasteiger partial charge in [0, 0.05) is 6.20 Å². The van der Waals surface area contributed by atoms with E-state index in [4.69, 9.17) is 5.11 Å². The number of rotatable bonds is 7. The van der Waals surface area contributed by atoms with Gasteiger partial charge in [0.2, 0.25) is 0 Å². The van der Waals surface area contributed by atoms with E-state index in [1.807, 2.05) is 6.92 Å². The third-order valence-corrected chi connectivity index (χ3v) is 5.75. The van der Waals surface area contributed by atoms with Crippen molar-refractivity contribution in [1.82, 2.24) is 4.98 Å². The molecule has 0 aliphatic heterocycles. The fourth-order valence-electron chi connectivity index (χ4n) is 2.82. The molecule has 2 aromatic carbocycles. The maximum Gasteiger partial charge on any atom is 0.339 e. The first kappa shape index (κ1) is 20.3. The largest absolute Gasteiger partial charge is 0.507 e. The van der Waals surface area contributed by atoms with Crippen LogP contribution in [0.5, 0.6) is 5.75 Å². The van der Waals surface area contributed by atoms with Crippen LogP contribution in [0.4, 0.5) is 5.82 Å². The number of aromatic carboxylic acids is 1. The molecule has 0 aliphatic carbocycles. The number of sulfonamides is 1. The Morgan fingerprint density at radius 2 is 1.66 bits per heavy atom. The summed E-state index contributed by atoms with van der Waals surface area (Å²) in [7, 11) is -3.74. The second-order valence-corrected chi connectivity index (χ2v) is 8.31. The van der Waals surface area contributed by atoms with Gasteiger partial charge in [-0.3, -0.25) is 4.72 Å². The van der Waals surface area contributed by atoms with Crippen LogP contribution in [0, 0.1) is 6.92 Å². The molecule has 1 aromatic heterocycles. The molecular weight excluding hydrogens is 392 g/mol. The van der Waals surface area contributed by atoms with Gasteiger partial charge in [-0.25, -0.2) is 18.2 Å². The highest BCUT2D eigenvalue weighted by Gasteiger charge is 2.15. The van der Waals surface area contributed by atoms with Crippen molar-refractivity contribution in [3.63, 3.8) is 0 Å². The fourth-order valence-corrected chi connectivity index (χ4v) is 3.82. The summed E-state index contributed by atoms with van der Waals surface area (Å²) < 4.78 is 27.5. The molecule has 1 heterocycles. The standard InChI is InChI=1S/C21H20N2O5S/c1-14-10-11-22-20(12-14)23-29(27,28)17-7-4-15(5-8-17)2-3-16-6-9-19(24)18(13-16)21(25)26/h4-13,24H,2-3H2,1H3,(H,22,23)(H,25,26). The van der Waals surface area contributed by atoms with Gasteiger partial charge in [0.1, 0.15) is 17.1 Å². The second kappa shape index (κ2) is 8.32. The van der Waals surface area contributed by atoms with Crippen molar-refractivity contribution in [2.24, 2.45) is 0 Å². The SMILES string of the molecule is Cc1ccnc(NS(=O)(=O)c2ccc(CCc3ccc(O)c(C(=O)O)c3)cc2)c1. The van der Waals surface area contributed by atoms with Crippen molar-refractivity contribution in [2.75, 3.05) is 4.72 Å². The predicted molar refractivity (Wildman–Crippen MR) is 109 cm³/mol. The number of aryl methyl sites for hydroxylation is 3. The molecule has 0 saturated heterocycles. The number of nitrogens with zero attached hydrogens (tertiary/aromatic N) is 1. The normalized spacial score (nSPS) is 11.2. The molecule has 0 unspecified atom stereocenters. The zero-order chi connectivity index (χ0) is 21.0. The molecule has 0 amide bonds. The van der Waals surface area contributed by atoms with Crippen LogP contribution in [0.25, 0.3) is 0 Å². The number of benzene rings is 2. The van der Waals surface area contributed by atoms with Crippen molar-refractivity contribution in [2.45, 2.75) is 24.7 Å². The van der Waals surface area contributed by atoms with E-state index in [2.05, 4.69) is 9.71 Å². The molecule has 8 heteroatoms. The molecule has 3 rings (SSSR count). The van der Waals surface area contributed by atoms with E-state index < -0.39 is 16.0 Å². The van der Waals surface area contributed by atoms with Crippen LogP contribution in [-0.4, -0.2) is 29.6 Å². The topological polar surface area (TPSA) is 117 Å². The van der Waals surface area contributed by atoms with Crippen LogP contribution >= 0.6 is 0 Å². The Bertz CT molecular complexity index is 1140. The van der Waals surface area contributed by atoms with Gasteiger partial charge in [-0.05, 0) is 72.9 Å². The predicted octanol–water partition coefficient (Wildman–Crippen LogP) is 3.38. The molecule has 29 heavy (non-hydrogen) atoms. The van der Waals surface area contributed by atoms with E-state index in [-0.39, 0.29) is 22.0 Å². The van der Waals surface area contributed by atoms with Crippen LogP contribution < -0.4 is 4.72 Å². The zero-order valence-electron chi connectivity index (χ0n) is 15.7.